The molecule has 0 aliphatic carbocycles. The first-order valence-corrected chi connectivity index (χ1v) is 8.13. The Morgan fingerprint density at radius 3 is 3.06 bits per heavy atom. The van der Waals surface area contributed by atoms with Gasteiger partial charge >= 0.3 is 0 Å². The molecule has 1 N–H and O–H groups in total. The van der Waals surface area contributed by atoms with Crippen LogP contribution in [-0.2, 0) is 16.4 Å². The average molecular weight is 273 g/mol. The Labute approximate surface area is 104 Å². The monoisotopic (exact) mass is 273 g/mol. The number of aromatic nitrogens is 2. The van der Waals surface area contributed by atoms with E-state index in [0.717, 1.165) is 10.7 Å². The van der Waals surface area contributed by atoms with Crippen molar-refractivity contribution in [3.05, 3.63) is 23.5 Å². The van der Waals surface area contributed by atoms with Gasteiger partial charge in [-0.3, -0.25) is 4.40 Å². The highest BCUT2D eigenvalue weighted by atomic mass is 32.2. The second-order valence-corrected chi connectivity index (χ2v) is 7.08. The van der Waals surface area contributed by atoms with Crippen molar-refractivity contribution in [1.82, 2.24) is 14.7 Å². The van der Waals surface area contributed by atoms with E-state index in [0.29, 0.717) is 13.1 Å². The average Bonchev–Trinajstić information content (AvgIpc) is 2.84. The number of hydrogen-bond acceptors (Lipinski definition) is 5. The second-order valence-electron chi connectivity index (χ2n) is 3.74. The molecule has 2 heterocycles. The third-order valence-electron chi connectivity index (χ3n) is 2.48. The molecule has 0 fully saturated rings. The summed E-state index contributed by atoms with van der Waals surface area (Å²) in [4.78, 5) is 5.36. The Hall–Kier alpha value is -0.920. The fourth-order valence-electron chi connectivity index (χ4n) is 1.45. The summed E-state index contributed by atoms with van der Waals surface area (Å²) in [6.45, 7) is 2.74. The lowest BCUT2D eigenvalue weighted by molar-refractivity contribution is 0.591. The number of nitrogens with one attached hydrogen (secondary N) is 1. The molecule has 0 bridgehead atoms. The van der Waals surface area contributed by atoms with Crippen LogP contribution in [0.4, 0.5) is 0 Å². The molecule has 94 valence electrons. The van der Waals surface area contributed by atoms with Crippen molar-refractivity contribution < 1.29 is 8.42 Å². The zero-order valence-corrected chi connectivity index (χ0v) is 11.2. The van der Waals surface area contributed by atoms with Crippen LogP contribution in [0.3, 0.4) is 0 Å². The predicted molar refractivity (Wildman–Crippen MR) is 69.1 cm³/mol. The van der Waals surface area contributed by atoms with E-state index < -0.39 is 9.84 Å². The first kappa shape index (κ1) is 12.5. The molecule has 0 atom stereocenters. The molecule has 2 aromatic rings. The summed E-state index contributed by atoms with van der Waals surface area (Å²) in [6.07, 6.45) is 3.91. The van der Waals surface area contributed by atoms with Crippen LogP contribution in [-0.4, -0.2) is 35.9 Å². The molecule has 2 aromatic heterocycles. The van der Waals surface area contributed by atoms with Gasteiger partial charge in [0.15, 0.2) is 14.8 Å². The number of sulfone groups is 1. The van der Waals surface area contributed by atoms with Gasteiger partial charge in [0, 0.05) is 36.6 Å². The van der Waals surface area contributed by atoms with Gasteiger partial charge < -0.3 is 5.32 Å². The molecule has 0 saturated carbocycles. The minimum absolute atomic E-state index is 0.186. The Morgan fingerprint density at radius 2 is 2.35 bits per heavy atom. The van der Waals surface area contributed by atoms with Crippen molar-refractivity contribution in [3.63, 3.8) is 0 Å². The van der Waals surface area contributed by atoms with Crippen LogP contribution < -0.4 is 5.32 Å². The molecular formula is C10H15N3O2S2. The fourth-order valence-corrected chi connectivity index (χ4v) is 2.91. The molecule has 0 spiro atoms. The Balaban J connectivity index is 1.81. The van der Waals surface area contributed by atoms with E-state index in [9.17, 15) is 8.42 Å². The summed E-state index contributed by atoms with van der Waals surface area (Å²) in [6, 6.07) is 0. The molecule has 7 heteroatoms. The van der Waals surface area contributed by atoms with Gasteiger partial charge in [0.25, 0.3) is 0 Å². The third kappa shape index (κ3) is 3.27. The minimum atomic E-state index is -2.87. The highest BCUT2D eigenvalue weighted by Crippen LogP contribution is 2.10. The van der Waals surface area contributed by atoms with Crippen molar-refractivity contribution in [2.45, 2.75) is 13.5 Å². The topological polar surface area (TPSA) is 63.5 Å². The maximum atomic E-state index is 11.3. The summed E-state index contributed by atoms with van der Waals surface area (Å²) < 4.78 is 24.5. The van der Waals surface area contributed by atoms with Crippen LogP contribution in [0, 0.1) is 0 Å². The predicted octanol–water partition coefficient (Wildman–Crippen LogP) is 0.920. The lowest BCUT2D eigenvalue weighted by Crippen LogP contribution is -2.23. The van der Waals surface area contributed by atoms with Crippen LogP contribution in [0.2, 0.25) is 0 Å². The summed E-state index contributed by atoms with van der Waals surface area (Å²) in [5.74, 6) is 0.389. The number of imidazole rings is 1. The van der Waals surface area contributed by atoms with Crippen molar-refractivity contribution in [3.8, 4) is 0 Å². The van der Waals surface area contributed by atoms with Crippen molar-refractivity contribution >= 4 is 26.1 Å². The van der Waals surface area contributed by atoms with E-state index in [2.05, 4.69) is 10.3 Å². The van der Waals surface area contributed by atoms with Crippen LogP contribution in [0.5, 0.6) is 0 Å². The summed E-state index contributed by atoms with van der Waals surface area (Å²) in [7, 11) is -2.87. The molecular weight excluding hydrogens is 258 g/mol. The largest absolute Gasteiger partial charge is 0.310 e. The number of rotatable bonds is 6. The van der Waals surface area contributed by atoms with Gasteiger partial charge in [0.1, 0.15) is 0 Å². The third-order valence-corrected chi connectivity index (χ3v) is 4.96. The van der Waals surface area contributed by atoms with E-state index in [-0.39, 0.29) is 11.5 Å². The van der Waals surface area contributed by atoms with Crippen molar-refractivity contribution in [1.29, 1.82) is 0 Å². The maximum Gasteiger partial charge on any atom is 0.193 e. The quantitative estimate of drug-likeness (QED) is 0.795. The molecule has 0 saturated heterocycles. The van der Waals surface area contributed by atoms with Gasteiger partial charge in [-0.2, -0.15) is 0 Å². The molecule has 0 aliphatic heterocycles. The number of thiazole rings is 1. The van der Waals surface area contributed by atoms with E-state index in [1.165, 1.54) is 0 Å². The zero-order chi connectivity index (χ0) is 12.3. The van der Waals surface area contributed by atoms with E-state index in [1.807, 2.05) is 22.2 Å². The van der Waals surface area contributed by atoms with Crippen LogP contribution in [0.25, 0.3) is 4.96 Å². The lowest BCUT2D eigenvalue weighted by atomic mass is 10.5. The standard InChI is InChI=1S/C10H15N3O2S2/c1-2-17(14,15)6-3-11-7-9-8-13-4-5-16-10(13)12-9/h4-5,8,11H,2-3,6-7H2,1H3. The molecule has 0 aliphatic rings. The smallest absolute Gasteiger partial charge is 0.193 e. The molecule has 0 unspecified atom stereocenters. The number of fused-ring (bicyclic) bond motifs is 1. The molecule has 17 heavy (non-hydrogen) atoms. The van der Waals surface area contributed by atoms with E-state index in [1.54, 1.807) is 18.3 Å². The normalized spacial score (nSPS) is 12.3. The minimum Gasteiger partial charge on any atom is -0.310 e. The Bertz CT molecular complexity index is 557. The second kappa shape index (κ2) is 5.16. The molecule has 2 rings (SSSR count). The van der Waals surface area contributed by atoms with Gasteiger partial charge in [-0.15, -0.1) is 11.3 Å². The Morgan fingerprint density at radius 1 is 1.53 bits per heavy atom. The van der Waals surface area contributed by atoms with Gasteiger partial charge in [-0.25, -0.2) is 13.4 Å². The maximum absolute atomic E-state index is 11.3. The van der Waals surface area contributed by atoms with Gasteiger partial charge in [0.2, 0.25) is 0 Å². The van der Waals surface area contributed by atoms with Crippen molar-refractivity contribution in [2.24, 2.45) is 0 Å². The number of hydrogen-bond donors (Lipinski definition) is 1. The van der Waals surface area contributed by atoms with Crippen molar-refractivity contribution in [2.75, 3.05) is 18.1 Å². The van der Waals surface area contributed by atoms with Crippen LogP contribution in [0.15, 0.2) is 17.8 Å². The first-order chi connectivity index (χ1) is 8.11. The summed E-state index contributed by atoms with van der Waals surface area (Å²) >= 11 is 1.58. The SMILES string of the molecule is CCS(=O)(=O)CCNCc1cn2ccsc2n1. The molecule has 0 aromatic carbocycles. The van der Waals surface area contributed by atoms with Gasteiger partial charge in [0.05, 0.1) is 11.4 Å². The zero-order valence-electron chi connectivity index (χ0n) is 9.59. The number of nitrogens with zero attached hydrogens (tertiary/aromatic N) is 2. The fraction of sp³-hybridized carbons (Fsp3) is 0.500. The lowest BCUT2D eigenvalue weighted by Gasteiger charge is -2.02. The van der Waals surface area contributed by atoms with E-state index in [4.69, 9.17) is 0 Å². The Kier molecular flexibility index (Phi) is 3.80. The van der Waals surface area contributed by atoms with Gasteiger partial charge in [-0.1, -0.05) is 6.92 Å². The van der Waals surface area contributed by atoms with Crippen LogP contribution >= 0.6 is 11.3 Å². The van der Waals surface area contributed by atoms with Crippen LogP contribution in [0.1, 0.15) is 12.6 Å². The highest BCUT2D eigenvalue weighted by Gasteiger charge is 2.07. The summed E-state index contributed by atoms with van der Waals surface area (Å²) in [5.41, 5.74) is 0.936. The van der Waals surface area contributed by atoms with E-state index >= 15 is 0 Å². The molecule has 5 nitrogen and oxygen atoms in total. The molecule has 0 amide bonds. The molecule has 0 radical (unpaired) electrons. The van der Waals surface area contributed by atoms with Gasteiger partial charge in [-0.05, 0) is 0 Å². The summed E-state index contributed by atoms with van der Waals surface area (Å²) in [5, 5.41) is 5.07. The highest BCUT2D eigenvalue weighted by molar-refractivity contribution is 7.91. The first-order valence-electron chi connectivity index (χ1n) is 5.43.